The molecule has 42 heavy (non-hydrogen) atoms. The predicted molar refractivity (Wildman–Crippen MR) is 168 cm³/mol. The lowest BCUT2D eigenvalue weighted by atomic mass is 10.1. The Labute approximate surface area is 262 Å². The zero-order valence-corrected chi connectivity index (χ0v) is 26.9. The number of carbonyl (C=O) groups is 2. The van der Waals surface area contributed by atoms with Gasteiger partial charge in [0.2, 0.25) is 11.8 Å². The number of rotatable bonds is 13. The number of nitrogens with one attached hydrogen (secondary N) is 1. The van der Waals surface area contributed by atoms with E-state index in [0.717, 1.165) is 4.31 Å². The van der Waals surface area contributed by atoms with Gasteiger partial charge in [0.05, 0.1) is 32.8 Å². The first kappa shape index (κ1) is 33.5. The van der Waals surface area contributed by atoms with Gasteiger partial charge in [-0.2, -0.15) is 0 Å². The predicted octanol–water partition coefficient (Wildman–Crippen LogP) is 6.57. The van der Waals surface area contributed by atoms with E-state index in [4.69, 9.17) is 39.5 Å². The van der Waals surface area contributed by atoms with E-state index in [-0.39, 0.29) is 40.5 Å². The Morgan fingerprint density at radius 2 is 1.60 bits per heavy atom. The van der Waals surface area contributed by atoms with Crippen LogP contribution in [0, 0.1) is 0 Å². The van der Waals surface area contributed by atoms with Crippen molar-refractivity contribution in [1.29, 1.82) is 0 Å². The Bertz CT molecular complexity index is 1510. The maximum Gasteiger partial charge on any atom is 0.264 e. The molecule has 12 heteroatoms. The minimum absolute atomic E-state index is 0.00918. The molecule has 0 fully saturated rings. The molecule has 2 atom stereocenters. The second-order valence-electron chi connectivity index (χ2n) is 9.66. The summed E-state index contributed by atoms with van der Waals surface area (Å²) < 4.78 is 34.1. The smallest absolute Gasteiger partial charge is 0.264 e. The summed E-state index contributed by atoms with van der Waals surface area (Å²) in [5.74, 6) is -0.596. The van der Waals surface area contributed by atoms with Crippen LogP contribution in [0.4, 0.5) is 5.69 Å². The van der Waals surface area contributed by atoms with Gasteiger partial charge in [0.1, 0.15) is 18.3 Å². The normalized spacial score (nSPS) is 12.7. The van der Waals surface area contributed by atoms with Gasteiger partial charge in [-0.3, -0.25) is 13.9 Å². The van der Waals surface area contributed by atoms with Gasteiger partial charge in [0, 0.05) is 12.6 Å². The van der Waals surface area contributed by atoms with E-state index in [1.165, 1.54) is 42.3 Å². The molecule has 226 valence electrons. The Balaban J connectivity index is 2.10. The molecule has 0 heterocycles. The summed E-state index contributed by atoms with van der Waals surface area (Å²) in [4.78, 5) is 28.9. The lowest BCUT2D eigenvalue weighted by Gasteiger charge is -2.34. The fourth-order valence-electron chi connectivity index (χ4n) is 4.25. The fourth-order valence-corrected chi connectivity index (χ4v) is 6.25. The van der Waals surface area contributed by atoms with Crippen molar-refractivity contribution in [3.8, 4) is 5.75 Å². The average Bonchev–Trinajstić information content (AvgIpc) is 2.97. The number of benzene rings is 3. The number of amides is 2. The van der Waals surface area contributed by atoms with Crippen molar-refractivity contribution in [2.45, 2.75) is 57.1 Å². The third kappa shape index (κ3) is 8.10. The van der Waals surface area contributed by atoms with Gasteiger partial charge >= 0.3 is 0 Å². The minimum Gasteiger partial charge on any atom is -0.495 e. The summed E-state index contributed by atoms with van der Waals surface area (Å²) in [6.45, 7) is 4.99. The van der Waals surface area contributed by atoms with Crippen LogP contribution in [0.25, 0.3) is 0 Å². The van der Waals surface area contributed by atoms with Gasteiger partial charge in [-0.15, -0.1) is 0 Å². The van der Waals surface area contributed by atoms with E-state index in [0.29, 0.717) is 27.8 Å². The Hall–Kier alpha value is -2.98. The van der Waals surface area contributed by atoms with Crippen LogP contribution >= 0.6 is 34.8 Å². The van der Waals surface area contributed by atoms with Crippen molar-refractivity contribution >= 4 is 62.3 Å². The Morgan fingerprint density at radius 3 is 2.17 bits per heavy atom. The average molecular weight is 655 g/mol. The molecule has 0 spiro atoms. The summed E-state index contributed by atoms with van der Waals surface area (Å²) in [5.41, 5.74) is 0.780. The molecular formula is C30H34Cl3N3O5S. The standard InChI is InChI=1S/C30H34Cl3N3O5S/c1-5-20(3)34-30(38)27(6-2)35(18-21-12-14-24(31)25(32)16-21)29(37)19-36(22-13-15-28(41-4)26(33)17-22)42(39,40)23-10-8-7-9-11-23/h7-17,20,27H,5-6,18-19H2,1-4H3,(H,34,38)/t20-,27+/m0/s1. The third-order valence-corrected chi connectivity index (χ3v) is 9.58. The summed E-state index contributed by atoms with van der Waals surface area (Å²) >= 11 is 18.7. The molecule has 0 radical (unpaired) electrons. The van der Waals surface area contributed by atoms with Crippen LogP contribution in [0.15, 0.2) is 71.6 Å². The van der Waals surface area contributed by atoms with Crippen molar-refractivity contribution in [3.63, 3.8) is 0 Å². The zero-order chi connectivity index (χ0) is 31.0. The highest BCUT2D eigenvalue weighted by Crippen LogP contribution is 2.32. The first-order valence-electron chi connectivity index (χ1n) is 13.4. The lowest BCUT2D eigenvalue weighted by molar-refractivity contribution is -0.140. The van der Waals surface area contributed by atoms with Gasteiger partial charge < -0.3 is 15.0 Å². The number of sulfonamides is 1. The van der Waals surface area contributed by atoms with Crippen LogP contribution in [0.1, 0.15) is 39.2 Å². The highest BCUT2D eigenvalue weighted by Gasteiger charge is 2.34. The first-order valence-corrected chi connectivity index (χ1v) is 15.9. The molecule has 0 aromatic heterocycles. The summed E-state index contributed by atoms with van der Waals surface area (Å²) in [6.07, 6.45) is 0.985. The number of methoxy groups -OCH3 is 1. The molecule has 3 rings (SSSR count). The number of halogens is 3. The molecule has 1 N–H and O–H groups in total. The van der Waals surface area contributed by atoms with E-state index in [1.807, 2.05) is 13.8 Å². The SMILES string of the molecule is CC[C@H](C(=O)N[C@@H](C)CC)N(Cc1ccc(Cl)c(Cl)c1)C(=O)CN(c1ccc(OC)c(Cl)c1)S(=O)(=O)c1ccccc1. The number of hydrogen-bond donors (Lipinski definition) is 1. The minimum atomic E-state index is -4.23. The molecular weight excluding hydrogens is 621 g/mol. The van der Waals surface area contributed by atoms with Gasteiger partial charge in [-0.25, -0.2) is 8.42 Å². The molecule has 0 unspecified atom stereocenters. The van der Waals surface area contributed by atoms with Gasteiger partial charge in [0.15, 0.2) is 0 Å². The quantitative estimate of drug-likeness (QED) is 0.225. The molecule has 3 aromatic rings. The molecule has 0 saturated carbocycles. The monoisotopic (exact) mass is 653 g/mol. The van der Waals surface area contributed by atoms with Crippen molar-refractivity contribution in [2.24, 2.45) is 0 Å². The van der Waals surface area contributed by atoms with Gasteiger partial charge in [-0.05, 0) is 67.8 Å². The third-order valence-electron chi connectivity index (χ3n) is 6.76. The molecule has 0 bridgehead atoms. The van der Waals surface area contributed by atoms with Crippen LogP contribution in [-0.2, 0) is 26.2 Å². The van der Waals surface area contributed by atoms with E-state index < -0.39 is 28.5 Å². The topological polar surface area (TPSA) is 96.0 Å². The summed E-state index contributed by atoms with van der Waals surface area (Å²) in [6, 6.07) is 16.1. The molecule has 3 aromatic carbocycles. The van der Waals surface area contributed by atoms with Gasteiger partial charge in [0.25, 0.3) is 10.0 Å². The molecule has 0 aliphatic carbocycles. The van der Waals surface area contributed by atoms with E-state index in [9.17, 15) is 18.0 Å². The van der Waals surface area contributed by atoms with Crippen molar-refractivity contribution < 1.29 is 22.7 Å². The molecule has 0 saturated heterocycles. The van der Waals surface area contributed by atoms with Crippen LogP contribution in [0.5, 0.6) is 5.75 Å². The maximum absolute atomic E-state index is 14.2. The molecule has 0 aliphatic heterocycles. The molecule has 2 amide bonds. The number of carbonyl (C=O) groups excluding carboxylic acids is 2. The number of anilines is 1. The van der Waals surface area contributed by atoms with Crippen LogP contribution in [-0.4, -0.2) is 50.9 Å². The van der Waals surface area contributed by atoms with Crippen molar-refractivity contribution in [1.82, 2.24) is 10.2 Å². The Kier molecular flexibility index (Phi) is 11.9. The van der Waals surface area contributed by atoms with Gasteiger partial charge in [-0.1, -0.05) is 72.9 Å². The first-order chi connectivity index (χ1) is 19.9. The number of nitrogens with zero attached hydrogens (tertiary/aromatic N) is 2. The fraction of sp³-hybridized carbons (Fsp3) is 0.333. The zero-order valence-electron chi connectivity index (χ0n) is 23.8. The van der Waals surface area contributed by atoms with Crippen LogP contribution < -0.4 is 14.4 Å². The largest absolute Gasteiger partial charge is 0.495 e. The second kappa shape index (κ2) is 15.0. The molecule has 8 nitrogen and oxygen atoms in total. The Morgan fingerprint density at radius 1 is 0.905 bits per heavy atom. The molecule has 0 aliphatic rings. The number of hydrogen-bond acceptors (Lipinski definition) is 5. The van der Waals surface area contributed by atoms with Crippen molar-refractivity contribution in [3.05, 3.63) is 87.4 Å². The van der Waals surface area contributed by atoms with Crippen LogP contribution in [0.3, 0.4) is 0 Å². The van der Waals surface area contributed by atoms with E-state index >= 15 is 0 Å². The van der Waals surface area contributed by atoms with E-state index in [1.54, 1.807) is 43.3 Å². The summed E-state index contributed by atoms with van der Waals surface area (Å²) in [7, 11) is -2.79. The highest BCUT2D eigenvalue weighted by atomic mass is 35.5. The van der Waals surface area contributed by atoms with Crippen molar-refractivity contribution in [2.75, 3.05) is 18.0 Å². The number of ether oxygens (including phenoxy) is 1. The maximum atomic E-state index is 14.2. The van der Waals surface area contributed by atoms with Crippen LogP contribution in [0.2, 0.25) is 15.1 Å². The summed E-state index contributed by atoms with van der Waals surface area (Å²) in [5, 5.41) is 3.74. The second-order valence-corrected chi connectivity index (χ2v) is 12.7. The van der Waals surface area contributed by atoms with E-state index in [2.05, 4.69) is 5.32 Å². The lowest BCUT2D eigenvalue weighted by Crippen LogP contribution is -2.53. The highest BCUT2D eigenvalue weighted by molar-refractivity contribution is 7.92.